The standard InChI is InChI=1S/C21H25NO2/c1-22-17-12-13-18(22)20(19(23)14-17)21(24,15-8-4-2-5-9-15)16-10-6-3-7-11-16/h2-11,17-20,23-24H,12-14H2,1H3/t17-,18+,19?,20?/m0/s1. The Morgan fingerprint density at radius 2 is 1.46 bits per heavy atom. The molecule has 0 amide bonds. The maximum Gasteiger partial charge on any atom is 0.121 e. The molecule has 0 aliphatic carbocycles. The Morgan fingerprint density at radius 1 is 0.917 bits per heavy atom. The molecule has 2 bridgehead atoms. The van der Waals surface area contributed by atoms with Gasteiger partial charge in [-0.25, -0.2) is 0 Å². The highest BCUT2D eigenvalue weighted by molar-refractivity contribution is 5.38. The fourth-order valence-corrected chi connectivity index (χ4v) is 4.93. The van der Waals surface area contributed by atoms with E-state index in [0.29, 0.717) is 6.04 Å². The quantitative estimate of drug-likeness (QED) is 0.913. The lowest BCUT2D eigenvalue weighted by molar-refractivity contribution is -0.108. The van der Waals surface area contributed by atoms with E-state index in [-0.39, 0.29) is 12.0 Å². The number of hydrogen-bond acceptors (Lipinski definition) is 3. The van der Waals surface area contributed by atoms with Gasteiger partial charge in [-0.1, -0.05) is 60.7 Å². The Labute approximate surface area is 143 Å². The summed E-state index contributed by atoms with van der Waals surface area (Å²) in [6.45, 7) is 0. The summed E-state index contributed by atoms with van der Waals surface area (Å²) in [5.41, 5.74) is 0.536. The zero-order chi connectivity index (χ0) is 16.7. The van der Waals surface area contributed by atoms with Crippen molar-refractivity contribution in [1.82, 2.24) is 4.90 Å². The van der Waals surface area contributed by atoms with Crippen molar-refractivity contribution < 1.29 is 10.2 Å². The average molecular weight is 323 g/mol. The molecular formula is C21H25NO2. The third-order valence-corrected chi connectivity index (χ3v) is 6.15. The van der Waals surface area contributed by atoms with Crippen LogP contribution in [0, 0.1) is 5.92 Å². The monoisotopic (exact) mass is 323 g/mol. The minimum absolute atomic E-state index is 0.198. The van der Waals surface area contributed by atoms with E-state index in [9.17, 15) is 10.2 Å². The van der Waals surface area contributed by atoms with E-state index in [0.717, 1.165) is 30.4 Å². The van der Waals surface area contributed by atoms with Crippen LogP contribution in [-0.4, -0.2) is 40.3 Å². The fourth-order valence-electron chi connectivity index (χ4n) is 4.93. The van der Waals surface area contributed by atoms with Gasteiger partial charge in [0.2, 0.25) is 0 Å². The number of nitrogens with zero attached hydrogens (tertiary/aromatic N) is 1. The molecule has 2 aliphatic rings. The molecule has 2 aliphatic heterocycles. The van der Waals surface area contributed by atoms with Crippen LogP contribution in [-0.2, 0) is 5.60 Å². The zero-order valence-corrected chi connectivity index (χ0v) is 14.0. The molecule has 2 aromatic rings. The number of aliphatic hydroxyl groups is 2. The smallest absolute Gasteiger partial charge is 0.121 e. The Hall–Kier alpha value is -1.68. The highest BCUT2D eigenvalue weighted by Crippen LogP contribution is 2.49. The molecule has 2 aromatic carbocycles. The summed E-state index contributed by atoms with van der Waals surface area (Å²) < 4.78 is 0. The van der Waals surface area contributed by atoms with Gasteiger partial charge in [0, 0.05) is 18.0 Å². The van der Waals surface area contributed by atoms with Gasteiger partial charge in [-0.3, -0.25) is 4.90 Å². The molecule has 2 N–H and O–H groups in total. The lowest BCUT2D eigenvalue weighted by Gasteiger charge is -2.49. The number of fused-ring (bicyclic) bond motifs is 2. The Kier molecular flexibility index (Phi) is 3.95. The van der Waals surface area contributed by atoms with Gasteiger partial charge >= 0.3 is 0 Å². The minimum atomic E-state index is -1.18. The van der Waals surface area contributed by atoms with Crippen LogP contribution < -0.4 is 0 Å². The van der Waals surface area contributed by atoms with Crippen LogP contribution in [0.2, 0.25) is 0 Å². The highest BCUT2D eigenvalue weighted by atomic mass is 16.3. The largest absolute Gasteiger partial charge is 0.393 e. The average Bonchev–Trinajstić information content (AvgIpc) is 2.86. The van der Waals surface area contributed by atoms with Gasteiger partial charge in [0.15, 0.2) is 0 Å². The maximum atomic E-state index is 12.0. The Balaban J connectivity index is 1.87. The second-order valence-corrected chi connectivity index (χ2v) is 7.29. The van der Waals surface area contributed by atoms with E-state index in [4.69, 9.17) is 0 Å². The van der Waals surface area contributed by atoms with Crippen LogP contribution in [0.15, 0.2) is 60.7 Å². The van der Waals surface area contributed by atoms with Crippen molar-refractivity contribution in [3.05, 3.63) is 71.8 Å². The normalized spacial score (nSPS) is 30.5. The molecule has 24 heavy (non-hydrogen) atoms. The number of hydrogen-bond donors (Lipinski definition) is 2. The molecule has 0 radical (unpaired) electrons. The second-order valence-electron chi connectivity index (χ2n) is 7.29. The van der Waals surface area contributed by atoms with Crippen LogP contribution in [0.5, 0.6) is 0 Å². The van der Waals surface area contributed by atoms with Crippen LogP contribution in [0.3, 0.4) is 0 Å². The Morgan fingerprint density at radius 3 is 2.00 bits per heavy atom. The van der Waals surface area contributed by atoms with E-state index in [1.54, 1.807) is 0 Å². The van der Waals surface area contributed by atoms with Gasteiger partial charge in [-0.2, -0.15) is 0 Å². The molecule has 4 atom stereocenters. The summed E-state index contributed by atoms with van der Waals surface area (Å²) in [4.78, 5) is 2.37. The second kappa shape index (κ2) is 5.99. The minimum Gasteiger partial charge on any atom is -0.393 e. The van der Waals surface area contributed by atoms with Crippen molar-refractivity contribution in [3.8, 4) is 0 Å². The summed E-state index contributed by atoms with van der Waals surface area (Å²) >= 11 is 0. The van der Waals surface area contributed by atoms with Gasteiger partial charge in [0.1, 0.15) is 5.60 Å². The molecule has 0 spiro atoms. The molecule has 2 heterocycles. The van der Waals surface area contributed by atoms with E-state index in [1.807, 2.05) is 60.7 Å². The first-order valence-corrected chi connectivity index (χ1v) is 8.86. The lowest BCUT2D eigenvalue weighted by Crippen LogP contribution is -2.57. The summed E-state index contributed by atoms with van der Waals surface area (Å²) in [6.07, 6.45) is 2.38. The van der Waals surface area contributed by atoms with E-state index < -0.39 is 11.7 Å². The molecule has 126 valence electrons. The Bertz CT molecular complexity index is 648. The van der Waals surface area contributed by atoms with Gasteiger partial charge in [-0.15, -0.1) is 0 Å². The van der Waals surface area contributed by atoms with Crippen molar-refractivity contribution in [2.75, 3.05) is 7.05 Å². The van der Waals surface area contributed by atoms with Crippen LogP contribution in [0.1, 0.15) is 30.4 Å². The zero-order valence-electron chi connectivity index (χ0n) is 14.0. The van der Waals surface area contributed by atoms with Crippen LogP contribution in [0.4, 0.5) is 0 Å². The summed E-state index contributed by atoms with van der Waals surface area (Å²) in [5.74, 6) is -0.231. The van der Waals surface area contributed by atoms with Gasteiger partial charge in [-0.05, 0) is 37.4 Å². The third kappa shape index (κ3) is 2.31. The van der Waals surface area contributed by atoms with Crippen molar-refractivity contribution in [1.29, 1.82) is 0 Å². The highest BCUT2D eigenvalue weighted by Gasteiger charge is 2.54. The van der Waals surface area contributed by atoms with Crippen LogP contribution in [0.25, 0.3) is 0 Å². The van der Waals surface area contributed by atoms with Gasteiger partial charge in [0.25, 0.3) is 0 Å². The first kappa shape index (κ1) is 15.8. The number of rotatable bonds is 3. The van der Waals surface area contributed by atoms with Crippen LogP contribution >= 0.6 is 0 Å². The van der Waals surface area contributed by atoms with Crippen molar-refractivity contribution in [3.63, 3.8) is 0 Å². The molecule has 3 nitrogen and oxygen atoms in total. The maximum absolute atomic E-state index is 12.0. The lowest BCUT2D eigenvalue weighted by atomic mass is 9.68. The first-order chi connectivity index (χ1) is 11.6. The fraction of sp³-hybridized carbons (Fsp3) is 0.429. The van der Waals surface area contributed by atoms with Crippen molar-refractivity contribution in [2.24, 2.45) is 5.92 Å². The molecule has 2 saturated heterocycles. The molecule has 2 fully saturated rings. The molecule has 3 heteroatoms. The van der Waals surface area contributed by atoms with Crippen molar-refractivity contribution in [2.45, 2.75) is 43.1 Å². The third-order valence-electron chi connectivity index (χ3n) is 6.15. The van der Waals surface area contributed by atoms with E-state index in [2.05, 4.69) is 11.9 Å². The number of piperidine rings is 1. The van der Waals surface area contributed by atoms with E-state index in [1.165, 1.54) is 0 Å². The van der Waals surface area contributed by atoms with Gasteiger partial charge in [0.05, 0.1) is 6.10 Å². The topological polar surface area (TPSA) is 43.7 Å². The predicted octanol–water partition coefficient (Wildman–Crippen LogP) is 2.77. The molecule has 4 rings (SSSR count). The summed E-state index contributed by atoms with van der Waals surface area (Å²) in [5, 5.41) is 22.9. The molecule has 0 saturated carbocycles. The SMILES string of the molecule is CN1[C@H]2CC[C@@H]1C(C(O)(c1ccccc1)c1ccccc1)C(O)C2. The summed E-state index contributed by atoms with van der Waals surface area (Å²) in [6, 6.07) is 20.3. The molecule has 0 aromatic heterocycles. The van der Waals surface area contributed by atoms with E-state index >= 15 is 0 Å². The van der Waals surface area contributed by atoms with Crippen molar-refractivity contribution >= 4 is 0 Å². The first-order valence-electron chi connectivity index (χ1n) is 8.86. The molecule has 2 unspecified atom stereocenters. The number of aliphatic hydroxyl groups excluding tert-OH is 1. The molecular weight excluding hydrogens is 298 g/mol. The number of benzene rings is 2. The van der Waals surface area contributed by atoms with Gasteiger partial charge < -0.3 is 10.2 Å². The predicted molar refractivity (Wildman–Crippen MR) is 94.6 cm³/mol. The summed E-state index contributed by atoms with van der Waals surface area (Å²) in [7, 11) is 2.14.